The molecule has 0 radical (unpaired) electrons. The van der Waals surface area contributed by atoms with E-state index >= 15 is 0 Å². The van der Waals surface area contributed by atoms with E-state index in [1.54, 1.807) is 24.3 Å². The first-order chi connectivity index (χ1) is 11.0. The Balaban J connectivity index is 1.94. The Labute approximate surface area is 132 Å². The van der Waals surface area contributed by atoms with Crippen molar-refractivity contribution < 1.29 is 29.4 Å². The summed E-state index contributed by atoms with van der Waals surface area (Å²) in [5.41, 5.74) is 0.779. The molecule has 124 valence electrons. The van der Waals surface area contributed by atoms with Crippen LogP contribution in [0, 0.1) is 0 Å². The zero-order valence-electron chi connectivity index (χ0n) is 12.3. The number of rotatable bonds is 6. The third-order valence-electron chi connectivity index (χ3n) is 3.35. The summed E-state index contributed by atoms with van der Waals surface area (Å²) >= 11 is 0. The normalized spacial score (nSPS) is 21.1. The Kier molecular flexibility index (Phi) is 5.67. The van der Waals surface area contributed by atoms with Crippen molar-refractivity contribution in [3.8, 4) is 0 Å². The van der Waals surface area contributed by atoms with Gasteiger partial charge < -0.3 is 15.5 Å². The maximum absolute atomic E-state index is 12.2. The molecular weight excluding hydrogens is 304 g/mol. The lowest BCUT2D eigenvalue weighted by Gasteiger charge is -2.34. The number of carbonyl (C=O) groups is 3. The van der Waals surface area contributed by atoms with Crippen molar-refractivity contribution in [1.29, 1.82) is 0 Å². The highest BCUT2D eigenvalue weighted by Gasteiger charge is 2.37. The lowest BCUT2D eigenvalue weighted by Crippen LogP contribution is -2.60. The lowest BCUT2D eigenvalue weighted by molar-refractivity contribution is -0.220. The van der Waals surface area contributed by atoms with Crippen LogP contribution in [-0.4, -0.2) is 58.4 Å². The molecule has 3 N–H and O–H groups in total. The van der Waals surface area contributed by atoms with Gasteiger partial charge in [-0.2, -0.15) is 0 Å². The second-order valence-corrected chi connectivity index (χ2v) is 5.15. The number of carbonyl (C=O) groups excluding carboxylic acids is 2. The Morgan fingerprint density at radius 3 is 2.65 bits per heavy atom. The molecule has 1 aromatic carbocycles. The average molecular weight is 322 g/mol. The Hall–Kier alpha value is -2.45. The van der Waals surface area contributed by atoms with E-state index in [2.05, 4.69) is 5.32 Å². The molecule has 0 aromatic heterocycles. The maximum Gasteiger partial charge on any atom is 0.305 e. The van der Waals surface area contributed by atoms with Gasteiger partial charge in [-0.15, -0.1) is 0 Å². The van der Waals surface area contributed by atoms with Crippen LogP contribution in [0.15, 0.2) is 30.3 Å². The third-order valence-corrected chi connectivity index (χ3v) is 3.35. The van der Waals surface area contributed by atoms with E-state index in [0.717, 1.165) is 10.6 Å². The summed E-state index contributed by atoms with van der Waals surface area (Å²) in [5.74, 6) is -2.14. The minimum Gasteiger partial charge on any atom is -0.481 e. The highest BCUT2D eigenvalue weighted by molar-refractivity contribution is 5.89. The van der Waals surface area contributed by atoms with Crippen molar-refractivity contribution in [1.82, 2.24) is 10.4 Å². The molecule has 8 heteroatoms. The van der Waals surface area contributed by atoms with Crippen molar-refractivity contribution in [3.05, 3.63) is 35.9 Å². The van der Waals surface area contributed by atoms with Crippen LogP contribution in [0.5, 0.6) is 0 Å². The van der Waals surface area contributed by atoms with Gasteiger partial charge in [-0.25, -0.2) is 5.06 Å². The number of hydrogen-bond donors (Lipinski definition) is 3. The average Bonchev–Trinajstić information content (AvgIpc) is 2.51. The van der Waals surface area contributed by atoms with Gasteiger partial charge in [0.05, 0.1) is 19.4 Å². The molecule has 1 saturated heterocycles. The third kappa shape index (κ3) is 4.76. The van der Waals surface area contributed by atoms with Gasteiger partial charge in [0.2, 0.25) is 5.91 Å². The van der Waals surface area contributed by atoms with Crippen molar-refractivity contribution in [3.63, 3.8) is 0 Å². The molecule has 0 aliphatic carbocycles. The minimum atomic E-state index is -1.18. The summed E-state index contributed by atoms with van der Waals surface area (Å²) in [6, 6.07) is 7.83. The molecule has 0 bridgehead atoms. The number of amides is 2. The van der Waals surface area contributed by atoms with Crippen LogP contribution in [-0.2, 0) is 25.6 Å². The quantitative estimate of drug-likeness (QED) is 0.639. The molecule has 2 amide bonds. The van der Waals surface area contributed by atoms with E-state index in [9.17, 15) is 19.5 Å². The van der Waals surface area contributed by atoms with Crippen LogP contribution >= 0.6 is 0 Å². The second-order valence-electron chi connectivity index (χ2n) is 5.15. The van der Waals surface area contributed by atoms with Crippen LogP contribution in [0.3, 0.4) is 0 Å². The van der Waals surface area contributed by atoms with E-state index in [1.165, 1.54) is 0 Å². The number of carboxylic acid groups (broad SMARTS) is 1. The Morgan fingerprint density at radius 1 is 1.30 bits per heavy atom. The minimum absolute atomic E-state index is 0.0767. The molecule has 2 rings (SSSR count). The largest absolute Gasteiger partial charge is 0.481 e. The van der Waals surface area contributed by atoms with E-state index in [1.807, 2.05) is 6.07 Å². The van der Waals surface area contributed by atoms with Crippen molar-refractivity contribution in [2.24, 2.45) is 0 Å². The molecule has 1 aromatic rings. The van der Waals surface area contributed by atoms with Crippen molar-refractivity contribution in [2.75, 3.05) is 13.2 Å². The van der Waals surface area contributed by atoms with Crippen LogP contribution in [0.2, 0.25) is 0 Å². The molecule has 0 saturated carbocycles. The molecule has 23 heavy (non-hydrogen) atoms. The van der Waals surface area contributed by atoms with Crippen molar-refractivity contribution in [2.45, 2.75) is 25.0 Å². The van der Waals surface area contributed by atoms with Gasteiger partial charge in [-0.05, 0) is 5.56 Å². The lowest BCUT2D eigenvalue weighted by atomic mass is 10.1. The Morgan fingerprint density at radius 2 is 2.00 bits per heavy atom. The summed E-state index contributed by atoms with van der Waals surface area (Å²) in [4.78, 5) is 39.8. The second kappa shape index (κ2) is 7.70. The molecule has 2 atom stereocenters. The molecule has 1 aliphatic heterocycles. The first kappa shape index (κ1) is 16.9. The summed E-state index contributed by atoms with van der Waals surface area (Å²) in [7, 11) is 0. The van der Waals surface area contributed by atoms with Crippen LogP contribution in [0.1, 0.15) is 12.0 Å². The summed E-state index contributed by atoms with van der Waals surface area (Å²) in [6.07, 6.45) is -1.39. The van der Waals surface area contributed by atoms with Crippen LogP contribution < -0.4 is 5.32 Å². The number of nitrogens with zero attached hydrogens (tertiary/aromatic N) is 1. The SMILES string of the molecule is O=C(O)CCN1OC[C@H](O)[C@H](NC(=O)Cc2ccccc2)C1=O. The molecule has 1 fully saturated rings. The molecule has 0 unspecified atom stereocenters. The number of aliphatic hydroxyl groups excluding tert-OH is 1. The number of carboxylic acids is 1. The number of hydrogen-bond acceptors (Lipinski definition) is 5. The smallest absolute Gasteiger partial charge is 0.305 e. The topological polar surface area (TPSA) is 116 Å². The standard InChI is InChI=1S/C15H18N2O6/c18-11-9-23-17(7-6-13(20)21)15(22)14(11)16-12(19)8-10-4-2-1-3-5-10/h1-5,11,14,18H,6-9H2,(H,16,19)(H,20,21)/t11-,14-/m0/s1. The summed E-state index contributed by atoms with van der Waals surface area (Å²) in [5, 5.41) is 21.8. The van der Waals surface area contributed by atoms with Gasteiger partial charge in [0.15, 0.2) is 0 Å². The van der Waals surface area contributed by atoms with Crippen LogP contribution in [0.25, 0.3) is 0 Å². The number of nitrogens with one attached hydrogen (secondary N) is 1. The maximum atomic E-state index is 12.2. The van der Waals surface area contributed by atoms with Gasteiger partial charge >= 0.3 is 5.97 Å². The monoisotopic (exact) mass is 322 g/mol. The summed E-state index contributed by atoms with van der Waals surface area (Å²) < 4.78 is 0. The molecule has 1 heterocycles. The summed E-state index contributed by atoms with van der Waals surface area (Å²) in [6.45, 7) is -0.340. The highest BCUT2D eigenvalue weighted by atomic mass is 16.7. The van der Waals surface area contributed by atoms with Gasteiger partial charge in [-0.3, -0.25) is 19.2 Å². The fraction of sp³-hybridized carbons (Fsp3) is 0.400. The zero-order chi connectivity index (χ0) is 16.8. The Bertz CT molecular complexity index is 577. The predicted molar refractivity (Wildman–Crippen MR) is 78.0 cm³/mol. The molecule has 1 aliphatic rings. The van der Waals surface area contributed by atoms with Crippen molar-refractivity contribution >= 4 is 17.8 Å². The van der Waals surface area contributed by atoms with E-state index in [4.69, 9.17) is 9.94 Å². The van der Waals surface area contributed by atoms with Gasteiger partial charge in [0, 0.05) is 0 Å². The molecule has 0 spiro atoms. The number of aliphatic hydroxyl groups is 1. The predicted octanol–water partition coefficient (Wildman–Crippen LogP) is -0.677. The number of aliphatic carboxylic acids is 1. The van der Waals surface area contributed by atoms with Gasteiger partial charge in [-0.1, -0.05) is 30.3 Å². The first-order valence-corrected chi connectivity index (χ1v) is 7.15. The first-order valence-electron chi connectivity index (χ1n) is 7.15. The molecule has 8 nitrogen and oxygen atoms in total. The fourth-order valence-electron chi connectivity index (χ4n) is 2.18. The highest BCUT2D eigenvalue weighted by Crippen LogP contribution is 2.11. The zero-order valence-corrected chi connectivity index (χ0v) is 12.3. The van der Waals surface area contributed by atoms with E-state index in [0.29, 0.717) is 0 Å². The van der Waals surface area contributed by atoms with E-state index in [-0.39, 0.29) is 26.0 Å². The van der Waals surface area contributed by atoms with Crippen LogP contribution in [0.4, 0.5) is 0 Å². The fourth-order valence-corrected chi connectivity index (χ4v) is 2.18. The number of hydroxylamine groups is 2. The van der Waals surface area contributed by atoms with Gasteiger partial charge in [0.25, 0.3) is 5.91 Å². The van der Waals surface area contributed by atoms with Gasteiger partial charge in [0.1, 0.15) is 18.8 Å². The number of benzene rings is 1. The van der Waals surface area contributed by atoms with E-state index < -0.39 is 29.9 Å². The molecular formula is C15H18N2O6.